The first kappa shape index (κ1) is 13.3. The second kappa shape index (κ2) is 5.27. The van der Waals surface area contributed by atoms with Gasteiger partial charge in [0.2, 0.25) is 0 Å². The topological polar surface area (TPSA) is 33.2 Å². The number of likely N-dealkylation sites (tertiary alicyclic amines) is 1. The molecule has 0 aromatic carbocycles. The number of carbonyl (C=O) groups is 1. The lowest BCUT2D eigenvalue weighted by Gasteiger charge is -2.25. The van der Waals surface area contributed by atoms with Crippen LogP contribution in [0, 0.1) is 19.8 Å². The number of carbonyl (C=O) groups excluding carboxylic acids is 1. The Morgan fingerprint density at radius 1 is 1.50 bits per heavy atom. The molecule has 2 atom stereocenters. The van der Waals surface area contributed by atoms with Crippen molar-refractivity contribution in [2.24, 2.45) is 5.92 Å². The van der Waals surface area contributed by atoms with Gasteiger partial charge in [0.15, 0.2) is 0 Å². The van der Waals surface area contributed by atoms with Crippen LogP contribution in [0.5, 0.6) is 0 Å². The van der Waals surface area contributed by atoms with Crippen molar-refractivity contribution in [1.82, 2.24) is 9.88 Å². The van der Waals surface area contributed by atoms with Gasteiger partial charge >= 0.3 is 0 Å². The van der Waals surface area contributed by atoms with Crippen molar-refractivity contribution >= 4 is 17.5 Å². The molecule has 18 heavy (non-hydrogen) atoms. The Hall–Kier alpha value is -1.09. The summed E-state index contributed by atoms with van der Waals surface area (Å²) in [5.74, 6) is 1.05. The summed E-state index contributed by atoms with van der Waals surface area (Å²) in [6, 6.07) is 3.91. The van der Waals surface area contributed by atoms with E-state index in [4.69, 9.17) is 11.6 Å². The van der Waals surface area contributed by atoms with Crippen molar-refractivity contribution in [1.29, 1.82) is 0 Å². The number of pyridine rings is 1. The van der Waals surface area contributed by atoms with Gasteiger partial charge < -0.3 is 4.90 Å². The SMILES string of the molecule is Cc1ccc(C(=O)N2CCC(C)C2CCl)c(C)n1. The number of aromatic nitrogens is 1. The Balaban J connectivity index is 2.26. The van der Waals surface area contributed by atoms with Crippen LogP contribution in [0.3, 0.4) is 0 Å². The highest BCUT2D eigenvalue weighted by Gasteiger charge is 2.34. The Labute approximate surface area is 113 Å². The Bertz CT molecular complexity index is 461. The molecular weight excluding hydrogens is 248 g/mol. The van der Waals surface area contributed by atoms with Gasteiger partial charge in [-0.05, 0) is 38.3 Å². The predicted octanol–water partition coefficient (Wildman–Crippen LogP) is 2.79. The van der Waals surface area contributed by atoms with E-state index in [0.717, 1.165) is 24.4 Å². The molecule has 1 saturated heterocycles. The maximum absolute atomic E-state index is 12.5. The molecule has 4 heteroatoms. The van der Waals surface area contributed by atoms with Gasteiger partial charge in [-0.2, -0.15) is 0 Å². The molecule has 0 saturated carbocycles. The third kappa shape index (κ3) is 2.37. The van der Waals surface area contributed by atoms with Gasteiger partial charge in [-0.25, -0.2) is 0 Å². The maximum Gasteiger partial charge on any atom is 0.255 e. The minimum atomic E-state index is 0.0648. The number of hydrogen-bond acceptors (Lipinski definition) is 2. The molecule has 98 valence electrons. The molecule has 1 aliphatic rings. The molecule has 2 rings (SSSR count). The van der Waals surface area contributed by atoms with Crippen molar-refractivity contribution in [3.05, 3.63) is 29.1 Å². The highest BCUT2D eigenvalue weighted by Crippen LogP contribution is 2.27. The molecule has 0 N–H and O–H groups in total. The van der Waals surface area contributed by atoms with Gasteiger partial charge in [0.1, 0.15) is 0 Å². The molecule has 1 aromatic rings. The van der Waals surface area contributed by atoms with Crippen LogP contribution in [0.4, 0.5) is 0 Å². The van der Waals surface area contributed by atoms with Crippen molar-refractivity contribution in [2.45, 2.75) is 33.2 Å². The highest BCUT2D eigenvalue weighted by atomic mass is 35.5. The molecule has 1 aliphatic heterocycles. The average Bonchev–Trinajstić information content (AvgIpc) is 2.69. The molecular formula is C14H19ClN2O. The van der Waals surface area contributed by atoms with E-state index in [1.165, 1.54) is 0 Å². The van der Waals surface area contributed by atoms with Crippen molar-refractivity contribution < 1.29 is 4.79 Å². The molecule has 0 bridgehead atoms. The van der Waals surface area contributed by atoms with E-state index in [1.807, 2.05) is 30.9 Å². The van der Waals surface area contributed by atoms with Crippen LogP contribution >= 0.6 is 11.6 Å². The molecule has 1 fully saturated rings. The van der Waals surface area contributed by atoms with E-state index in [9.17, 15) is 4.79 Å². The van der Waals surface area contributed by atoms with Gasteiger partial charge in [0.25, 0.3) is 5.91 Å². The molecule has 1 aromatic heterocycles. The predicted molar refractivity (Wildman–Crippen MR) is 73.0 cm³/mol. The van der Waals surface area contributed by atoms with Crippen LogP contribution in [0.15, 0.2) is 12.1 Å². The monoisotopic (exact) mass is 266 g/mol. The summed E-state index contributed by atoms with van der Waals surface area (Å²) in [6.45, 7) is 6.77. The highest BCUT2D eigenvalue weighted by molar-refractivity contribution is 6.18. The van der Waals surface area contributed by atoms with Gasteiger partial charge in [-0.3, -0.25) is 9.78 Å². The van der Waals surface area contributed by atoms with Crippen LogP contribution in [-0.2, 0) is 0 Å². The summed E-state index contributed by atoms with van der Waals surface area (Å²) in [4.78, 5) is 18.8. The average molecular weight is 267 g/mol. The maximum atomic E-state index is 12.5. The number of amides is 1. The Morgan fingerprint density at radius 2 is 2.22 bits per heavy atom. The van der Waals surface area contributed by atoms with Crippen molar-refractivity contribution in [3.8, 4) is 0 Å². The summed E-state index contributed by atoms with van der Waals surface area (Å²) in [6.07, 6.45) is 1.03. The van der Waals surface area contributed by atoms with Crippen LogP contribution in [0.1, 0.15) is 35.1 Å². The lowest BCUT2D eigenvalue weighted by molar-refractivity contribution is 0.0736. The fourth-order valence-electron chi connectivity index (χ4n) is 2.56. The molecule has 1 amide bonds. The number of rotatable bonds is 2. The molecule has 0 radical (unpaired) electrons. The fraction of sp³-hybridized carbons (Fsp3) is 0.571. The molecule has 3 nitrogen and oxygen atoms in total. The number of nitrogens with zero attached hydrogens (tertiary/aromatic N) is 2. The number of hydrogen-bond donors (Lipinski definition) is 0. The minimum absolute atomic E-state index is 0.0648. The van der Waals surface area contributed by atoms with Crippen LogP contribution in [-0.4, -0.2) is 34.3 Å². The molecule has 2 unspecified atom stereocenters. The third-order valence-corrected chi connectivity index (χ3v) is 4.07. The number of alkyl halides is 1. The Kier molecular flexibility index (Phi) is 3.91. The van der Waals surface area contributed by atoms with E-state index in [0.29, 0.717) is 17.4 Å². The fourth-order valence-corrected chi connectivity index (χ4v) is 3.03. The van der Waals surface area contributed by atoms with E-state index in [2.05, 4.69) is 11.9 Å². The molecule has 0 aliphatic carbocycles. The van der Waals surface area contributed by atoms with E-state index in [1.54, 1.807) is 0 Å². The standard InChI is InChI=1S/C14H19ClN2O/c1-9-6-7-17(13(9)8-15)14(18)12-5-4-10(2)16-11(12)3/h4-5,9,13H,6-8H2,1-3H3. The van der Waals surface area contributed by atoms with Crippen molar-refractivity contribution in [3.63, 3.8) is 0 Å². The van der Waals surface area contributed by atoms with Gasteiger partial charge in [0.05, 0.1) is 11.3 Å². The van der Waals surface area contributed by atoms with Crippen LogP contribution in [0.25, 0.3) is 0 Å². The summed E-state index contributed by atoms with van der Waals surface area (Å²) in [5.41, 5.74) is 2.44. The van der Waals surface area contributed by atoms with Crippen LogP contribution < -0.4 is 0 Å². The van der Waals surface area contributed by atoms with E-state index < -0.39 is 0 Å². The minimum Gasteiger partial charge on any atom is -0.334 e. The zero-order valence-corrected chi connectivity index (χ0v) is 11.9. The van der Waals surface area contributed by atoms with E-state index in [-0.39, 0.29) is 11.9 Å². The quantitative estimate of drug-likeness (QED) is 0.772. The van der Waals surface area contributed by atoms with E-state index >= 15 is 0 Å². The van der Waals surface area contributed by atoms with Gasteiger partial charge in [-0.15, -0.1) is 11.6 Å². The number of halogens is 1. The van der Waals surface area contributed by atoms with Crippen LogP contribution in [0.2, 0.25) is 0 Å². The second-order valence-electron chi connectivity index (χ2n) is 5.07. The summed E-state index contributed by atoms with van der Waals surface area (Å²) in [7, 11) is 0. The number of aryl methyl sites for hydroxylation is 2. The lowest BCUT2D eigenvalue weighted by atomic mass is 10.0. The van der Waals surface area contributed by atoms with Gasteiger partial charge in [-0.1, -0.05) is 6.92 Å². The lowest BCUT2D eigenvalue weighted by Crippen LogP contribution is -2.39. The summed E-state index contributed by atoms with van der Waals surface area (Å²) >= 11 is 5.98. The van der Waals surface area contributed by atoms with Gasteiger partial charge in [0, 0.05) is 24.2 Å². The Morgan fingerprint density at radius 3 is 2.83 bits per heavy atom. The molecule has 0 spiro atoms. The summed E-state index contributed by atoms with van der Waals surface area (Å²) < 4.78 is 0. The first-order chi connectivity index (χ1) is 8.54. The smallest absolute Gasteiger partial charge is 0.255 e. The summed E-state index contributed by atoms with van der Waals surface area (Å²) in [5, 5.41) is 0. The second-order valence-corrected chi connectivity index (χ2v) is 5.38. The first-order valence-corrected chi connectivity index (χ1v) is 6.89. The molecule has 2 heterocycles. The largest absolute Gasteiger partial charge is 0.334 e. The first-order valence-electron chi connectivity index (χ1n) is 6.35. The zero-order valence-electron chi connectivity index (χ0n) is 11.1. The normalized spacial score (nSPS) is 23.4. The third-order valence-electron chi connectivity index (χ3n) is 3.76. The van der Waals surface area contributed by atoms with Crippen molar-refractivity contribution in [2.75, 3.05) is 12.4 Å². The zero-order chi connectivity index (χ0) is 13.3.